The van der Waals surface area contributed by atoms with E-state index < -0.39 is 0 Å². The van der Waals surface area contributed by atoms with Crippen LogP contribution in [0.25, 0.3) is 11.5 Å². The zero-order chi connectivity index (χ0) is 16.1. The Hall–Kier alpha value is -2.45. The molecule has 2 heterocycles. The number of benzene rings is 1. The van der Waals surface area contributed by atoms with Crippen LogP contribution in [0, 0.1) is 0 Å². The Balaban J connectivity index is 1.65. The smallest absolute Gasteiger partial charge is 0.277 e. The Morgan fingerprint density at radius 1 is 1.13 bits per heavy atom. The van der Waals surface area contributed by atoms with Crippen LogP contribution in [0.3, 0.4) is 0 Å². The van der Waals surface area contributed by atoms with Crippen LogP contribution in [0.4, 0.5) is 5.69 Å². The summed E-state index contributed by atoms with van der Waals surface area (Å²) >= 11 is 6.28. The summed E-state index contributed by atoms with van der Waals surface area (Å²) in [6.07, 6.45) is 3.52. The van der Waals surface area contributed by atoms with Gasteiger partial charge in [-0.1, -0.05) is 11.8 Å². The first-order chi connectivity index (χ1) is 11.2. The second-order valence-electron chi connectivity index (χ2n) is 4.58. The standard InChI is InChI=1S/C15H13N5OS2/c16-14(22)18-12-3-1-11(2-4-12)13-19-20-15(21-13)23-9-10-5-7-17-8-6-10/h1-8H,9H2,(H3,16,18,22). The summed E-state index contributed by atoms with van der Waals surface area (Å²) in [5.41, 5.74) is 8.23. The third-order valence-electron chi connectivity index (χ3n) is 2.92. The van der Waals surface area contributed by atoms with Crippen LogP contribution in [0.2, 0.25) is 0 Å². The van der Waals surface area contributed by atoms with E-state index >= 15 is 0 Å². The lowest BCUT2D eigenvalue weighted by molar-refractivity contribution is 0.466. The molecule has 0 amide bonds. The molecule has 116 valence electrons. The molecule has 0 atom stereocenters. The van der Waals surface area contributed by atoms with Gasteiger partial charge in [-0.15, -0.1) is 10.2 Å². The molecule has 0 aliphatic carbocycles. The summed E-state index contributed by atoms with van der Waals surface area (Å²) in [5, 5.41) is 11.7. The molecule has 0 bridgehead atoms. The first-order valence-corrected chi connectivity index (χ1v) is 8.12. The first kappa shape index (κ1) is 15.4. The Labute approximate surface area is 142 Å². The Kier molecular flexibility index (Phi) is 4.84. The van der Waals surface area contributed by atoms with E-state index in [1.54, 1.807) is 12.4 Å². The van der Waals surface area contributed by atoms with Crippen molar-refractivity contribution in [2.24, 2.45) is 5.73 Å². The van der Waals surface area contributed by atoms with Crippen molar-refractivity contribution in [3.63, 3.8) is 0 Å². The van der Waals surface area contributed by atoms with Crippen molar-refractivity contribution < 1.29 is 4.42 Å². The molecule has 0 saturated heterocycles. The van der Waals surface area contributed by atoms with Gasteiger partial charge in [0.2, 0.25) is 5.89 Å². The lowest BCUT2D eigenvalue weighted by atomic mass is 10.2. The molecule has 8 heteroatoms. The van der Waals surface area contributed by atoms with Gasteiger partial charge in [-0.3, -0.25) is 4.98 Å². The van der Waals surface area contributed by atoms with Gasteiger partial charge in [0.05, 0.1) is 0 Å². The fourth-order valence-electron chi connectivity index (χ4n) is 1.85. The van der Waals surface area contributed by atoms with Gasteiger partial charge >= 0.3 is 0 Å². The molecular weight excluding hydrogens is 330 g/mol. The largest absolute Gasteiger partial charge is 0.411 e. The van der Waals surface area contributed by atoms with Crippen molar-refractivity contribution in [1.29, 1.82) is 0 Å². The average molecular weight is 343 g/mol. The molecule has 3 aromatic rings. The topological polar surface area (TPSA) is 89.9 Å². The Morgan fingerprint density at radius 2 is 1.87 bits per heavy atom. The fourth-order valence-corrected chi connectivity index (χ4v) is 2.68. The van der Waals surface area contributed by atoms with E-state index in [0.717, 1.165) is 22.6 Å². The van der Waals surface area contributed by atoms with Gasteiger partial charge in [0.25, 0.3) is 5.22 Å². The highest BCUT2D eigenvalue weighted by Gasteiger charge is 2.09. The number of nitrogens with zero attached hydrogens (tertiary/aromatic N) is 3. The van der Waals surface area contributed by atoms with E-state index in [1.165, 1.54) is 11.8 Å². The normalized spacial score (nSPS) is 10.4. The highest BCUT2D eigenvalue weighted by Crippen LogP contribution is 2.26. The highest BCUT2D eigenvalue weighted by atomic mass is 32.2. The van der Waals surface area contributed by atoms with Gasteiger partial charge in [0, 0.05) is 29.4 Å². The van der Waals surface area contributed by atoms with E-state index in [2.05, 4.69) is 20.5 Å². The maximum absolute atomic E-state index is 5.67. The summed E-state index contributed by atoms with van der Waals surface area (Å²) in [6.45, 7) is 0. The van der Waals surface area contributed by atoms with Crippen LogP contribution < -0.4 is 11.1 Å². The van der Waals surface area contributed by atoms with Crippen LogP contribution in [0.5, 0.6) is 0 Å². The van der Waals surface area contributed by atoms with Crippen molar-refractivity contribution in [3.8, 4) is 11.5 Å². The number of anilines is 1. The zero-order valence-corrected chi connectivity index (χ0v) is 13.6. The summed E-state index contributed by atoms with van der Waals surface area (Å²) in [5.74, 6) is 1.23. The highest BCUT2D eigenvalue weighted by molar-refractivity contribution is 7.98. The van der Waals surface area contributed by atoms with E-state index in [9.17, 15) is 0 Å². The van der Waals surface area contributed by atoms with Crippen LogP contribution >= 0.6 is 24.0 Å². The van der Waals surface area contributed by atoms with Crippen LogP contribution in [-0.2, 0) is 5.75 Å². The van der Waals surface area contributed by atoms with Gasteiger partial charge in [-0.25, -0.2) is 0 Å². The quantitative estimate of drug-likeness (QED) is 0.539. The maximum atomic E-state index is 5.67. The predicted octanol–water partition coefficient (Wildman–Crippen LogP) is 3.08. The Bertz CT molecular complexity index is 789. The number of thioether (sulfide) groups is 1. The summed E-state index contributed by atoms with van der Waals surface area (Å²) in [7, 11) is 0. The van der Waals surface area contributed by atoms with Gasteiger partial charge in [0.1, 0.15) is 0 Å². The minimum Gasteiger partial charge on any atom is -0.411 e. The molecule has 0 aliphatic heterocycles. The molecule has 2 aromatic heterocycles. The third kappa shape index (κ3) is 4.27. The Morgan fingerprint density at radius 3 is 2.57 bits per heavy atom. The molecule has 3 rings (SSSR count). The lowest BCUT2D eigenvalue weighted by Gasteiger charge is -2.03. The van der Waals surface area contributed by atoms with Crippen molar-refractivity contribution in [1.82, 2.24) is 15.2 Å². The number of thiocarbonyl (C=S) groups is 1. The summed E-state index contributed by atoms with van der Waals surface area (Å²) in [6, 6.07) is 11.3. The second-order valence-corrected chi connectivity index (χ2v) is 5.95. The molecule has 1 aromatic carbocycles. The van der Waals surface area contributed by atoms with Crippen LogP contribution in [0.15, 0.2) is 58.4 Å². The molecule has 0 spiro atoms. The molecular formula is C15H13N5OS2. The second kappa shape index (κ2) is 7.21. The van der Waals surface area contributed by atoms with Crippen LogP contribution in [-0.4, -0.2) is 20.3 Å². The monoisotopic (exact) mass is 343 g/mol. The molecule has 0 fully saturated rings. The van der Waals surface area contributed by atoms with Crippen molar-refractivity contribution >= 4 is 34.8 Å². The molecule has 23 heavy (non-hydrogen) atoms. The van der Waals surface area contributed by atoms with E-state index in [4.69, 9.17) is 22.4 Å². The van der Waals surface area contributed by atoms with Crippen molar-refractivity contribution in [2.45, 2.75) is 11.0 Å². The number of rotatable bonds is 5. The maximum Gasteiger partial charge on any atom is 0.277 e. The van der Waals surface area contributed by atoms with E-state index in [1.807, 2.05) is 36.4 Å². The fraction of sp³-hybridized carbons (Fsp3) is 0.0667. The molecule has 3 N–H and O–H groups in total. The average Bonchev–Trinajstić information content (AvgIpc) is 3.03. The first-order valence-electron chi connectivity index (χ1n) is 6.73. The van der Waals surface area contributed by atoms with Gasteiger partial charge < -0.3 is 15.5 Å². The van der Waals surface area contributed by atoms with Gasteiger partial charge in [0.15, 0.2) is 5.11 Å². The molecule has 0 radical (unpaired) electrons. The molecule has 0 saturated carbocycles. The number of nitrogens with two attached hydrogens (primary N) is 1. The minimum absolute atomic E-state index is 0.227. The molecule has 0 unspecified atom stereocenters. The van der Waals surface area contributed by atoms with Crippen molar-refractivity contribution in [3.05, 3.63) is 54.4 Å². The number of pyridine rings is 1. The number of hydrogen-bond acceptors (Lipinski definition) is 6. The third-order valence-corrected chi connectivity index (χ3v) is 3.91. The molecule has 6 nitrogen and oxygen atoms in total. The molecule has 0 aliphatic rings. The van der Waals surface area contributed by atoms with Crippen molar-refractivity contribution in [2.75, 3.05) is 5.32 Å². The van der Waals surface area contributed by atoms with E-state index in [0.29, 0.717) is 11.1 Å². The van der Waals surface area contributed by atoms with Gasteiger partial charge in [-0.2, -0.15) is 0 Å². The van der Waals surface area contributed by atoms with Gasteiger partial charge in [-0.05, 0) is 54.2 Å². The summed E-state index contributed by atoms with van der Waals surface area (Å²) < 4.78 is 5.67. The number of hydrogen-bond donors (Lipinski definition) is 2. The number of nitrogens with one attached hydrogen (secondary N) is 1. The lowest BCUT2D eigenvalue weighted by Crippen LogP contribution is -2.18. The SMILES string of the molecule is NC(=S)Nc1ccc(-c2nnc(SCc3ccncc3)o2)cc1. The number of aromatic nitrogens is 3. The predicted molar refractivity (Wildman–Crippen MR) is 93.9 cm³/mol. The summed E-state index contributed by atoms with van der Waals surface area (Å²) in [4.78, 5) is 3.99. The van der Waals surface area contributed by atoms with E-state index in [-0.39, 0.29) is 5.11 Å². The minimum atomic E-state index is 0.227. The van der Waals surface area contributed by atoms with Crippen LogP contribution in [0.1, 0.15) is 5.56 Å². The zero-order valence-electron chi connectivity index (χ0n) is 12.0.